The number of amides is 2. The minimum absolute atomic E-state index is 0.249. The molecule has 15 heavy (non-hydrogen) atoms. The first-order valence-corrected chi connectivity index (χ1v) is 6.03. The van der Waals surface area contributed by atoms with Crippen LogP contribution in [0.3, 0.4) is 0 Å². The van der Waals surface area contributed by atoms with Crippen molar-refractivity contribution < 1.29 is 4.79 Å². The summed E-state index contributed by atoms with van der Waals surface area (Å²) in [5, 5.41) is 0. The zero-order valence-electron chi connectivity index (χ0n) is 9.28. The van der Waals surface area contributed by atoms with E-state index in [0.717, 1.165) is 19.5 Å². The summed E-state index contributed by atoms with van der Waals surface area (Å²) in [5.41, 5.74) is 1.48. The van der Waals surface area contributed by atoms with Gasteiger partial charge in [0, 0.05) is 25.3 Å². The van der Waals surface area contributed by atoms with Crippen LogP contribution >= 0.6 is 0 Å². The molecule has 3 heteroatoms. The Morgan fingerprint density at radius 1 is 1.40 bits per heavy atom. The summed E-state index contributed by atoms with van der Waals surface area (Å²) in [6.07, 6.45) is 6.76. The van der Waals surface area contributed by atoms with Gasteiger partial charge in [0.25, 0.3) is 0 Å². The predicted octanol–water partition coefficient (Wildman–Crippen LogP) is 2.20. The van der Waals surface area contributed by atoms with Crippen LogP contribution in [0.2, 0.25) is 0 Å². The lowest BCUT2D eigenvalue weighted by Gasteiger charge is -2.29. The van der Waals surface area contributed by atoms with Crippen LogP contribution in [0.5, 0.6) is 0 Å². The maximum Gasteiger partial charge on any atom is 0.324 e. The molecule has 3 aliphatic rings. The van der Waals surface area contributed by atoms with Crippen LogP contribution in [0.1, 0.15) is 32.6 Å². The van der Waals surface area contributed by atoms with Crippen LogP contribution in [0.25, 0.3) is 0 Å². The predicted molar refractivity (Wildman–Crippen MR) is 58.3 cm³/mol. The normalized spacial score (nSPS) is 33.8. The lowest BCUT2D eigenvalue weighted by molar-refractivity contribution is 0.166. The van der Waals surface area contributed by atoms with Crippen LogP contribution in [-0.4, -0.2) is 35.0 Å². The number of nitrogens with zero attached hydrogens (tertiary/aromatic N) is 2. The molecule has 2 bridgehead atoms. The van der Waals surface area contributed by atoms with E-state index in [1.807, 2.05) is 9.80 Å². The van der Waals surface area contributed by atoms with Crippen LogP contribution in [0, 0.1) is 5.92 Å². The fraction of sp³-hybridized carbons (Fsp3) is 0.750. The molecular weight excluding hydrogens is 188 g/mol. The number of hydrogen-bond acceptors (Lipinski definition) is 1. The quantitative estimate of drug-likeness (QED) is 0.596. The lowest BCUT2D eigenvalue weighted by Crippen LogP contribution is -2.42. The van der Waals surface area contributed by atoms with Gasteiger partial charge >= 0.3 is 6.03 Å². The monoisotopic (exact) mass is 206 g/mol. The van der Waals surface area contributed by atoms with Gasteiger partial charge in [0.1, 0.15) is 0 Å². The Morgan fingerprint density at radius 2 is 2.13 bits per heavy atom. The molecule has 2 atom stereocenters. The second-order valence-corrected chi connectivity index (χ2v) is 5.08. The molecule has 1 saturated heterocycles. The minimum Gasteiger partial charge on any atom is -0.324 e. The number of hydrogen-bond donors (Lipinski definition) is 0. The van der Waals surface area contributed by atoms with E-state index in [1.165, 1.54) is 24.8 Å². The summed E-state index contributed by atoms with van der Waals surface area (Å²) in [5.74, 6) is 0.706. The van der Waals surface area contributed by atoms with E-state index in [4.69, 9.17) is 0 Å². The van der Waals surface area contributed by atoms with E-state index >= 15 is 0 Å². The molecule has 2 aliphatic heterocycles. The van der Waals surface area contributed by atoms with Gasteiger partial charge in [0.15, 0.2) is 0 Å². The van der Waals surface area contributed by atoms with Crippen molar-refractivity contribution in [2.24, 2.45) is 5.92 Å². The van der Waals surface area contributed by atoms with Crippen molar-refractivity contribution in [3.8, 4) is 0 Å². The van der Waals surface area contributed by atoms with E-state index in [0.29, 0.717) is 12.0 Å². The van der Waals surface area contributed by atoms with Crippen molar-refractivity contribution in [3.63, 3.8) is 0 Å². The Morgan fingerprint density at radius 3 is 2.67 bits per heavy atom. The topological polar surface area (TPSA) is 23.6 Å². The zero-order valence-corrected chi connectivity index (χ0v) is 9.28. The first-order chi connectivity index (χ1) is 7.25. The first kappa shape index (κ1) is 9.25. The molecule has 0 aromatic heterocycles. The maximum absolute atomic E-state index is 12.2. The standard InChI is InChI=1S/C12H18N2O/c1-9-6-11-7-10(9)8-14(11)12(15)13-4-2-3-5-13/h8-9,11H,2-7H2,1H3. The minimum atomic E-state index is 0.249. The van der Waals surface area contributed by atoms with E-state index in [2.05, 4.69) is 13.1 Å². The molecule has 3 nitrogen and oxygen atoms in total. The van der Waals surface area contributed by atoms with Gasteiger partial charge in [0.05, 0.1) is 0 Å². The summed E-state index contributed by atoms with van der Waals surface area (Å²) < 4.78 is 0. The van der Waals surface area contributed by atoms with Gasteiger partial charge in [-0.15, -0.1) is 0 Å². The maximum atomic E-state index is 12.2. The van der Waals surface area contributed by atoms with Crippen molar-refractivity contribution >= 4 is 6.03 Å². The van der Waals surface area contributed by atoms with Gasteiger partial charge in [-0.2, -0.15) is 0 Å². The van der Waals surface area contributed by atoms with Crippen molar-refractivity contribution in [1.82, 2.24) is 9.80 Å². The highest BCUT2D eigenvalue weighted by Crippen LogP contribution is 2.40. The third-order valence-corrected chi connectivity index (χ3v) is 4.03. The van der Waals surface area contributed by atoms with E-state index in [9.17, 15) is 4.79 Å². The molecule has 1 aliphatic carbocycles. The van der Waals surface area contributed by atoms with Gasteiger partial charge in [-0.05, 0) is 37.2 Å². The smallest absolute Gasteiger partial charge is 0.324 e. The molecule has 1 saturated carbocycles. The number of fused-ring (bicyclic) bond motifs is 2. The fourth-order valence-electron chi connectivity index (χ4n) is 3.08. The van der Waals surface area contributed by atoms with Gasteiger partial charge in [-0.1, -0.05) is 6.92 Å². The molecule has 0 radical (unpaired) electrons. The first-order valence-electron chi connectivity index (χ1n) is 6.03. The molecule has 2 heterocycles. The Labute approximate surface area is 90.7 Å². The van der Waals surface area contributed by atoms with Crippen LogP contribution in [0.15, 0.2) is 11.8 Å². The number of carbonyl (C=O) groups is 1. The molecule has 2 unspecified atom stereocenters. The summed E-state index contributed by atoms with van der Waals surface area (Å²) in [6.45, 7) is 4.19. The average molecular weight is 206 g/mol. The third kappa shape index (κ3) is 1.36. The highest BCUT2D eigenvalue weighted by atomic mass is 16.2. The highest BCUT2D eigenvalue weighted by molar-refractivity contribution is 5.77. The van der Waals surface area contributed by atoms with E-state index < -0.39 is 0 Å². The second-order valence-electron chi connectivity index (χ2n) is 5.08. The number of urea groups is 1. The summed E-state index contributed by atoms with van der Waals surface area (Å²) in [7, 11) is 0. The Bertz CT molecular complexity index is 318. The zero-order chi connectivity index (χ0) is 10.4. The highest BCUT2D eigenvalue weighted by Gasteiger charge is 2.39. The number of rotatable bonds is 0. The third-order valence-electron chi connectivity index (χ3n) is 4.03. The van der Waals surface area contributed by atoms with Crippen LogP contribution in [-0.2, 0) is 0 Å². The fourth-order valence-corrected chi connectivity index (χ4v) is 3.08. The van der Waals surface area contributed by atoms with Gasteiger partial charge in [0.2, 0.25) is 0 Å². The molecule has 0 spiro atoms. The average Bonchev–Trinajstić information content (AvgIpc) is 2.91. The molecule has 0 aromatic rings. The SMILES string of the molecule is CC1CC2CC1=CN2C(=O)N1CCCC1. The Kier molecular flexibility index (Phi) is 2.01. The summed E-state index contributed by atoms with van der Waals surface area (Å²) in [4.78, 5) is 16.1. The Balaban J connectivity index is 1.74. The second kappa shape index (κ2) is 3.26. The molecule has 2 fully saturated rings. The number of likely N-dealkylation sites (tertiary alicyclic amines) is 1. The lowest BCUT2D eigenvalue weighted by atomic mass is 10.1. The molecule has 0 aromatic carbocycles. The molecule has 82 valence electrons. The molecule has 3 rings (SSSR count). The van der Waals surface area contributed by atoms with Crippen molar-refractivity contribution in [1.29, 1.82) is 0 Å². The molecular formula is C12H18N2O. The van der Waals surface area contributed by atoms with Gasteiger partial charge < -0.3 is 4.90 Å². The molecule has 0 N–H and O–H groups in total. The number of carbonyl (C=O) groups excluding carboxylic acids is 1. The van der Waals surface area contributed by atoms with Crippen LogP contribution < -0.4 is 0 Å². The van der Waals surface area contributed by atoms with Gasteiger partial charge in [-0.25, -0.2) is 4.79 Å². The molecule has 2 amide bonds. The van der Waals surface area contributed by atoms with Crippen molar-refractivity contribution in [3.05, 3.63) is 11.8 Å². The summed E-state index contributed by atoms with van der Waals surface area (Å²) >= 11 is 0. The van der Waals surface area contributed by atoms with E-state index in [1.54, 1.807) is 0 Å². The van der Waals surface area contributed by atoms with Crippen LogP contribution in [0.4, 0.5) is 4.79 Å². The van der Waals surface area contributed by atoms with Crippen molar-refractivity contribution in [2.75, 3.05) is 13.1 Å². The largest absolute Gasteiger partial charge is 0.324 e. The van der Waals surface area contributed by atoms with Crippen molar-refractivity contribution in [2.45, 2.75) is 38.6 Å². The summed E-state index contributed by atoms with van der Waals surface area (Å²) in [6, 6.07) is 0.725. The van der Waals surface area contributed by atoms with Gasteiger partial charge in [-0.3, -0.25) is 4.90 Å². The van der Waals surface area contributed by atoms with E-state index in [-0.39, 0.29) is 6.03 Å². The Hall–Kier alpha value is -0.990.